The standard InChI is InChI=1S/C16H21BrF2N2/c1-11-9-20-16(5-3-2-4-6-16)10-21(11)15-13(18)7-12(17)8-14(15)19/h7-8,11,20H,2-6,9-10H2,1H3. The van der Waals surface area contributed by atoms with E-state index < -0.39 is 11.6 Å². The minimum absolute atomic E-state index is 0.0245. The van der Waals surface area contributed by atoms with Crippen LogP contribution in [0.15, 0.2) is 16.6 Å². The second-order valence-electron chi connectivity index (χ2n) is 6.42. The molecule has 116 valence electrons. The lowest BCUT2D eigenvalue weighted by Gasteiger charge is -2.50. The Balaban J connectivity index is 1.92. The molecule has 1 N–H and O–H groups in total. The maximum absolute atomic E-state index is 14.3. The number of nitrogens with one attached hydrogen (secondary N) is 1. The summed E-state index contributed by atoms with van der Waals surface area (Å²) < 4.78 is 29.0. The molecule has 1 spiro atoms. The van der Waals surface area contributed by atoms with E-state index in [4.69, 9.17) is 0 Å². The van der Waals surface area contributed by atoms with Gasteiger partial charge >= 0.3 is 0 Å². The van der Waals surface area contributed by atoms with Crippen LogP contribution < -0.4 is 10.2 Å². The van der Waals surface area contributed by atoms with Crippen LogP contribution in [-0.2, 0) is 0 Å². The number of anilines is 1. The first-order valence-corrected chi connectivity index (χ1v) is 8.46. The largest absolute Gasteiger partial charge is 0.361 e. The third-order valence-corrected chi connectivity index (χ3v) is 5.31. The number of hydrogen-bond donors (Lipinski definition) is 1. The van der Waals surface area contributed by atoms with E-state index in [9.17, 15) is 8.78 Å². The predicted octanol–water partition coefficient (Wildman–Crippen LogP) is 4.23. The summed E-state index contributed by atoms with van der Waals surface area (Å²) in [5, 5.41) is 3.64. The molecule has 0 aromatic heterocycles. The van der Waals surface area contributed by atoms with Gasteiger partial charge in [-0.2, -0.15) is 0 Å². The smallest absolute Gasteiger partial charge is 0.150 e. The predicted molar refractivity (Wildman–Crippen MR) is 84.7 cm³/mol. The number of halogens is 3. The molecule has 1 saturated heterocycles. The molecule has 2 fully saturated rings. The minimum atomic E-state index is -0.485. The maximum atomic E-state index is 14.3. The Hall–Kier alpha value is -0.680. The monoisotopic (exact) mass is 358 g/mol. The third-order valence-electron chi connectivity index (χ3n) is 4.86. The zero-order chi connectivity index (χ0) is 15.0. The van der Waals surface area contributed by atoms with E-state index in [0.29, 0.717) is 11.0 Å². The molecule has 3 rings (SSSR count). The highest BCUT2D eigenvalue weighted by molar-refractivity contribution is 9.10. The van der Waals surface area contributed by atoms with Crippen molar-refractivity contribution in [3.05, 3.63) is 28.2 Å². The van der Waals surface area contributed by atoms with Gasteiger partial charge in [-0.25, -0.2) is 8.78 Å². The summed E-state index contributed by atoms with van der Waals surface area (Å²) in [5.41, 5.74) is 0.147. The number of nitrogens with zero attached hydrogens (tertiary/aromatic N) is 1. The molecule has 1 unspecified atom stereocenters. The molecule has 1 saturated carbocycles. The molecule has 21 heavy (non-hydrogen) atoms. The van der Waals surface area contributed by atoms with Crippen LogP contribution in [0.5, 0.6) is 0 Å². The second-order valence-corrected chi connectivity index (χ2v) is 7.33. The molecule has 0 radical (unpaired) electrons. The van der Waals surface area contributed by atoms with Crippen molar-refractivity contribution < 1.29 is 8.78 Å². The van der Waals surface area contributed by atoms with E-state index in [-0.39, 0.29) is 17.3 Å². The number of benzene rings is 1. The summed E-state index contributed by atoms with van der Waals surface area (Å²) in [6.07, 6.45) is 5.84. The summed E-state index contributed by atoms with van der Waals surface area (Å²) in [5.74, 6) is -0.969. The molecular weight excluding hydrogens is 338 g/mol. The van der Waals surface area contributed by atoms with Crippen molar-refractivity contribution in [1.82, 2.24) is 5.32 Å². The fraction of sp³-hybridized carbons (Fsp3) is 0.625. The zero-order valence-electron chi connectivity index (χ0n) is 12.3. The molecule has 0 amide bonds. The van der Waals surface area contributed by atoms with Gasteiger partial charge in [0, 0.05) is 29.1 Å². The van der Waals surface area contributed by atoms with E-state index in [1.807, 2.05) is 11.8 Å². The van der Waals surface area contributed by atoms with E-state index in [1.165, 1.54) is 31.4 Å². The van der Waals surface area contributed by atoms with Crippen molar-refractivity contribution in [2.45, 2.75) is 50.6 Å². The van der Waals surface area contributed by atoms with Gasteiger partial charge in [0.1, 0.15) is 5.69 Å². The number of rotatable bonds is 1. The van der Waals surface area contributed by atoms with Gasteiger partial charge < -0.3 is 10.2 Å². The van der Waals surface area contributed by atoms with Crippen LogP contribution in [0.1, 0.15) is 39.0 Å². The van der Waals surface area contributed by atoms with Gasteiger partial charge in [0.05, 0.1) is 0 Å². The lowest BCUT2D eigenvalue weighted by Crippen LogP contribution is -2.64. The highest BCUT2D eigenvalue weighted by Gasteiger charge is 2.40. The molecule has 2 nitrogen and oxygen atoms in total. The Labute approximate surface area is 133 Å². The van der Waals surface area contributed by atoms with Gasteiger partial charge in [-0.15, -0.1) is 0 Å². The molecular formula is C16H21BrF2N2. The van der Waals surface area contributed by atoms with Gasteiger partial charge in [0.15, 0.2) is 11.6 Å². The topological polar surface area (TPSA) is 15.3 Å². The Kier molecular flexibility index (Phi) is 4.23. The second kappa shape index (κ2) is 5.84. The average Bonchev–Trinajstić information content (AvgIpc) is 2.43. The Morgan fingerprint density at radius 2 is 1.81 bits per heavy atom. The van der Waals surface area contributed by atoms with Crippen LogP contribution in [0.4, 0.5) is 14.5 Å². The molecule has 0 bridgehead atoms. The average molecular weight is 359 g/mol. The van der Waals surface area contributed by atoms with Crippen molar-refractivity contribution in [1.29, 1.82) is 0 Å². The molecule has 2 aliphatic rings. The normalized spacial score (nSPS) is 25.3. The Morgan fingerprint density at radius 3 is 2.43 bits per heavy atom. The molecule has 5 heteroatoms. The fourth-order valence-electron chi connectivity index (χ4n) is 3.68. The van der Waals surface area contributed by atoms with Crippen molar-refractivity contribution in [3.63, 3.8) is 0 Å². The highest BCUT2D eigenvalue weighted by atomic mass is 79.9. The number of piperazine rings is 1. The third kappa shape index (κ3) is 2.95. The summed E-state index contributed by atoms with van der Waals surface area (Å²) in [6, 6.07) is 2.78. The van der Waals surface area contributed by atoms with Crippen LogP contribution >= 0.6 is 15.9 Å². The Bertz CT molecular complexity index is 506. The zero-order valence-corrected chi connectivity index (χ0v) is 13.8. The van der Waals surface area contributed by atoms with E-state index >= 15 is 0 Å². The SMILES string of the molecule is CC1CNC2(CCCCC2)CN1c1c(F)cc(Br)cc1F. The van der Waals surface area contributed by atoms with Crippen LogP contribution in [0.25, 0.3) is 0 Å². The molecule has 1 aliphatic carbocycles. The molecule has 1 atom stereocenters. The van der Waals surface area contributed by atoms with Crippen LogP contribution in [0.2, 0.25) is 0 Å². The lowest BCUT2D eigenvalue weighted by atomic mass is 9.79. The van der Waals surface area contributed by atoms with Gasteiger partial charge in [0.25, 0.3) is 0 Å². The van der Waals surface area contributed by atoms with Crippen molar-refractivity contribution in [3.8, 4) is 0 Å². The van der Waals surface area contributed by atoms with Gasteiger partial charge in [-0.1, -0.05) is 35.2 Å². The molecule has 1 aliphatic heterocycles. The van der Waals surface area contributed by atoms with E-state index in [2.05, 4.69) is 21.2 Å². The quantitative estimate of drug-likeness (QED) is 0.807. The van der Waals surface area contributed by atoms with Crippen molar-refractivity contribution in [2.24, 2.45) is 0 Å². The maximum Gasteiger partial charge on any atom is 0.150 e. The van der Waals surface area contributed by atoms with Crippen LogP contribution in [0.3, 0.4) is 0 Å². The summed E-state index contributed by atoms with van der Waals surface area (Å²) >= 11 is 3.15. The summed E-state index contributed by atoms with van der Waals surface area (Å²) in [7, 11) is 0. The van der Waals surface area contributed by atoms with Gasteiger partial charge in [-0.05, 0) is 31.9 Å². The van der Waals surface area contributed by atoms with Gasteiger partial charge in [-0.3, -0.25) is 0 Å². The van der Waals surface area contributed by atoms with Crippen LogP contribution in [0, 0.1) is 11.6 Å². The first kappa shape index (κ1) is 15.2. The fourth-order valence-corrected chi connectivity index (χ4v) is 4.09. The highest BCUT2D eigenvalue weighted by Crippen LogP contribution is 2.36. The minimum Gasteiger partial charge on any atom is -0.361 e. The summed E-state index contributed by atoms with van der Waals surface area (Å²) in [6.45, 7) is 3.47. The number of hydrogen-bond acceptors (Lipinski definition) is 2. The molecule has 1 aromatic rings. The summed E-state index contributed by atoms with van der Waals surface area (Å²) in [4.78, 5) is 1.92. The van der Waals surface area contributed by atoms with E-state index in [0.717, 1.165) is 19.4 Å². The first-order valence-electron chi connectivity index (χ1n) is 7.67. The first-order chi connectivity index (χ1) is 10.0. The lowest BCUT2D eigenvalue weighted by molar-refractivity contribution is 0.199. The Morgan fingerprint density at radius 1 is 1.19 bits per heavy atom. The van der Waals surface area contributed by atoms with Gasteiger partial charge in [0.2, 0.25) is 0 Å². The molecule has 1 aromatic carbocycles. The van der Waals surface area contributed by atoms with Crippen molar-refractivity contribution in [2.75, 3.05) is 18.0 Å². The molecule has 1 heterocycles. The van der Waals surface area contributed by atoms with E-state index in [1.54, 1.807) is 0 Å². The van der Waals surface area contributed by atoms with Crippen LogP contribution in [-0.4, -0.2) is 24.7 Å². The van der Waals surface area contributed by atoms with Crippen molar-refractivity contribution >= 4 is 21.6 Å².